The van der Waals surface area contributed by atoms with Crippen molar-refractivity contribution in [2.24, 2.45) is 5.41 Å². The second kappa shape index (κ2) is 5.17. The van der Waals surface area contributed by atoms with Crippen LogP contribution in [0.2, 0.25) is 0 Å². The summed E-state index contributed by atoms with van der Waals surface area (Å²) in [7, 11) is 1.56. The van der Waals surface area contributed by atoms with Crippen LogP contribution in [0.1, 0.15) is 32.6 Å². The number of hydrogen-bond donors (Lipinski definition) is 2. The zero-order valence-electron chi connectivity index (χ0n) is 12.2. The van der Waals surface area contributed by atoms with Gasteiger partial charge in [0.15, 0.2) is 11.5 Å². The van der Waals surface area contributed by atoms with Crippen LogP contribution in [0, 0.1) is 5.41 Å². The lowest BCUT2D eigenvalue weighted by atomic mass is 9.51. The Balaban J connectivity index is 1.68. The number of aromatic hydroxyl groups is 1. The van der Waals surface area contributed by atoms with Crippen LogP contribution in [0.4, 0.5) is 5.69 Å². The van der Waals surface area contributed by atoms with Crippen LogP contribution in [-0.4, -0.2) is 31.0 Å². The Morgan fingerprint density at radius 3 is 2.75 bits per heavy atom. The summed E-state index contributed by atoms with van der Waals surface area (Å²) in [5, 5.41) is 13.4. The zero-order valence-corrected chi connectivity index (χ0v) is 12.2. The lowest BCUT2D eigenvalue weighted by Gasteiger charge is -2.61. The molecule has 4 nitrogen and oxygen atoms in total. The number of anilines is 1. The van der Waals surface area contributed by atoms with Crippen LogP contribution < -0.4 is 10.1 Å². The maximum atomic E-state index is 9.84. The minimum atomic E-state index is 0.181. The topological polar surface area (TPSA) is 50.7 Å². The lowest BCUT2D eigenvalue weighted by Crippen LogP contribution is -2.64. The molecule has 0 saturated heterocycles. The Hall–Kier alpha value is -1.42. The molecule has 2 atom stereocenters. The van der Waals surface area contributed by atoms with Crippen molar-refractivity contribution in [1.29, 1.82) is 0 Å². The molecular weight excluding hydrogens is 254 g/mol. The number of phenols is 1. The molecule has 110 valence electrons. The van der Waals surface area contributed by atoms with Crippen molar-refractivity contribution in [2.45, 2.75) is 44.8 Å². The van der Waals surface area contributed by atoms with Crippen molar-refractivity contribution in [2.75, 3.05) is 19.0 Å². The van der Waals surface area contributed by atoms with Crippen molar-refractivity contribution in [1.82, 2.24) is 0 Å². The molecule has 2 aliphatic carbocycles. The largest absolute Gasteiger partial charge is 0.504 e. The summed E-state index contributed by atoms with van der Waals surface area (Å²) in [5.41, 5.74) is 1.28. The average Bonchev–Trinajstić information content (AvgIpc) is 2.35. The predicted molar refractivity (Wildman–Crippen MR) is 78.4 cm³/mol. The van der Waals surface area contributed by atoms with Crippen molar-refractivity contribution in [3.05, 3.63) is 18.2 Å². The molecule has 4 heteroatoms. The molecule has 2 saturated carbocycles. The van der Waals surface area contributed by atoms with Crippen molar-refractivity contribution >= 4 is 5.69 Å². The van der Waals surface area contributed by atoms with E-state index >= 15 is 0 Å². The Morgan fingerprint density at radius 1 is 1.40 bits per heavy atom. The van der Waals surface area contributed by atoms with Crippen molar-refractivity contribution < 1.29 is 14.6 Å². The van der Waals surface area contributed by atoms with E-state index in [9.17, 15) is 5.11 Å². The number of rotatable bonds is 5. The van der Waals surface area contributed by atoms with Crippen molar-refractivity contribution in [3.63, 3.8) is 0 Å². The van der Waals surface area contributed by atoms with Crippen LogP contribution in [0.15, 0.2) is 18.2 Å². The van der Waals surface area contributed by atoms with Gasteiger partial charge in [0, 0.05) is 29.8 Å². The van der Waals surface area contributed by atoms with Gasteiger partial charge in [0.1, 0.15) is 0 Å². The fourth-order valence-electron chi connectivity index (χ4n) is 3.62. The number of hydrogen-bond acceptors (Lipinski definition) is 4. The number of benzene rings is 1. The first-order chi connectivity index (χ1) is 9.69. The van der Waals surface area contributed by atoms with Gasteiger partial charge in [0.05, 0.1) is 13.2 Å². The first-order valence-electron chi connectivity index (χ1n) is 7.45. The van der Waals surface area contributed by atoms with E-state index in [1.807, 2.05) is 6.07 Å². The van der Waals surface area contributed by atoms with Crippen LogP contribution >= 0.6 is 0 Å². The molecule has 0 bridgehead atoms. The van der Waals surface area contributed by atoms with Gasteiger partial charge in [-0.2, -0.15) is 0 Å². The quantitative estimate of drug-likeness (QED) is 0.868. The van der Waals surface area contributed by atoms with Gasteiger partial charge in [-0.25, -0.2) is 0 Å². The van der Waals surface area contributed by atoms with E-state index in [1.54, 1.807) is 19.2 Å². The SMILES string of the molecule is CCOC1CC(Nc2ccc(OC)c(O)c2)C12CCC2. The van der Waals surface area contributed by atoms with Gasteiger partial charge >= 0.3 is 0 Å². The molecule has 3 rings (SSSR count). The Kier molecular flexibility index (Phi) is 3.50. The van der Waals surface area contributed by atoms with Gasteiger partial charge in [0.25, 0.3) is 0 Å². The van der Waals surface area contributed by atoms with Crippen LogP contribution in [0.5, 0.6) is 11.5 Å². The van der Waals surface area contributed by atoms with Gasteiger partial charge in [-0.1, -0.05) is 6.42 Å². The van der Waals surface area contributed by atoms with Gasteiger partial charge in [-0.15, -0.1) is 0 Å². The number of ether oxygens (including phenoxy) is 2. The highest BCUT2D eigenvalue weighted by Crippen LogP contribution is 2.58. The fraction of sp³-hybridized carbons (Fsp3) is 0.625. The molecule has 0 amide bonds. The molecule has 2 fully saturated rings. The number of methoxy groups -OCH3 is 1. The molecule has 2 aliphatic rings. The van der Waals surface area contributed by atoms with E-state index < -0.39 is 0 Å². The monoisotopic (exact) mass is 277 g/mol. The highest BCUT2D eigenvalue weighted by atomic mass is 16.5. The molecule has 1 spiro atoms. The van der Waals surface area contributed by atoms with E-state index in [0.29, 0.717) is 23.3 Å². The summed E-state index contributed by atoms with van der Waals surface area (Å²) in [6.07, 6.45) is 5.26. The smallest absolute Gasteiger partial charge is 0.160 e. The van der Waals surface area contributed by atoms with E-state index in [2.05, 4.69) is 12.2 Å². The first kappa shape index (κ1) is 13.6. The minimum absolute atomic E-state index is 0.181. The van der Waals surface area contributed by atoms with Crippen LogP contribution in [-0.2, 0) is 4.74 Å². The summed E-state index contributed by atoms with van der Waals surface area (Å²) in [6, 6.07) is 5.95. The molecule has 1 aromatic carbocycles. The fourth-order valence-corrected chi connectivity index (χ4v) is 3.62. The molecule has 0 heterocycles. The van der Waals surface area contributed by atoms with Gasteiger partial charge < -0.3 is 19.9 Å². The third kappa shape index (κ3) is 2.03. The maximum absolute atomic E-state index is 9.84. The summed E-state index contributed by atoms with van der Waals surface area (Å²) in [4.78, 5) is 0. The lowest BCUT2D eigenvalue weighted by molar-refractivity contribution is -0.157. The highest BCUT2D eigenvalue weighted by molar-refractivity contribution is 5.55. The van der Waals surface area contributed by atoms with E-state index in [4.69, 9.17) is 9.47 Å². The molecular formula is C16H23NO3. The van der Waals surface area contributed by atoms with Gasteiger partial charge in [-0.05, 0) is 38.3 Å². The number of nitrogens with one attached hydrogen (secondary N) is 1. The van der Waals surface area contributed by atoms with Crippen molar-refractivity contribution in [3.8, 4) is 11.5 Å². The maximum Gasteiger partial charge on any atom is 0.160 e. The van der Waals surface area contributed by atoms with E-state index in [0.717, 1.165) is 18.7 Å². The summed E-state index contributed by atoms with van der Waals surface area (Å²) in [6.45, 7) is 2.86. The second-order valence-corrected chi connectivity index (χ2v) is 5.85. The molecule has 1 aromatic rings. The standard InChI is InChI=1S/C16H23NO3/c1-3-20-15-10-14(16(15)7-4-8-16)17-11-5-6-13(19-2)12(18)9-11/h5-6,9,14-15,17-18H,3-4,7-8,10H2,1-2H3. The third-order valence-corrected chi connectivity index (χ3v) is 4.96. The molecule has 0 aromatic heterocycles. The number of phenolic OH excluding ortho intramolecular Hbond substituents is 1. The normalized spacial score (nSPS) is 26.7. The van der Waals surface area contributed by atoms with Gasteiger partial charge in [0.2, 0.25) is 0 Å². The molecule has 0 aliphatic heterocycles. The Bertz CT molecular complexity index is 485. The summed E-state index contributed by atoms with van der Waals surface area (Å²) >= 11 is 0. The average molecular weight is 277 g/mol. The van der Waals surface area contributed by atoms with Gasteiger partial charge in [-0.3, -0.25) is 0 Å². The summed E-state index contributed by atoms with van der Waals surface area (Å²) in [5.74, 6) is 0.690. The Morgan fingerprint density at radius 2 is 2.20 bits per heavy atom. The second-order valence-electron chi connectivity index (χ2n) is 5.85. The molecule has 2 unspecified atom stereocenters. The van der Waals surface area contributed by atoms with E-state index in [-0.39, 0.29) is 5.75 Å². The predicted octanol–water partition coefficient (Wildman–Crippen LogP) is 3.16. The van der Waals surface area contributed by atoms with E-state index in [1.165, 1.54) is 19.3 Å². The van der Waals surface area contributed by atoms with Crippen LogP contribution in [0.25, 0.3) is 0 Å². The molecule has 0 radical (unpaired) electrons. The molecule has 2 N–H and O–H groups in total. The third-order valence-electron chi connectivity index (χ3n) is 4.96. The highest BCUT2D eigenvalue weighted by Gasteiger charge is 2.58. The zero-order chi connectivity index (χ0) is 14.2. The Labute approximate surface area is 120 Å². The van der Waals surface area contributed by atoms with Crippen LogP contribution in [0.3, 0.4) is 0 Å². The first-order valence-corrected chi connectivity index (χ1v) is 7.45. The molecule has 20 heavy (non-hydrogen) atoms. The minimum Gasteiger partial charge on any atom is -0.504 e. The summed E-state index contributed by atoms with van der Waals surface area (Å²) < 4.78 is 10.9.